The van der Waals surface area contributed by atoms with Gasteiger partial charge in [-0.2, -0.15) is 0 Å². The number of rotatable bonds is 11. The van der Waals surface area contributed by atoms with E-state index in [2.05, 4.69) is 4.98 Å². The van der Waals surface area contributed by atoms with Crippen LogP contribution in [0.2, 0.25) is 0 Å². The summed E-state index contributed by atoms with van der Waals surface area (Å²) in [5, 5.41) is 0. The molecule has 3 aromatic carbocycles. The maximum Gasteiger partial charge on any atom is 0.341 e. The van der Waals surface area contributed by atoms with E-state index in [0.717, 1.165) is 34.6 Å². The van der Waals surface area contributed by atoms with E-state index in [0.29, 0.717) is 41.9 Å². The van der Waals surface area contributed by atoms with Crippen LogP contribution in [0.3, 0.4) is 0 Å². The Labute approximate surface area is 217 Å². The van der Waals surface area contributed by atoms with Crippen LogP contribution in [0.5, 0.6) is 17.2 Å². The van der Waals surface area contributed by atoms with Gasteiger partial charge in [0.25, 0.3) is 0 Å². The highest BCUT2D eigenvalue weighted by molar-refractivity contribution is 5.94. The van der Waals surface area contributed by atoms with E-state index in [1.807, 2.05) is 81.4 Å². The third kappa shape index (κ3) is 6.50. The molecule has 4 aromatic rings. The first kappa shape index (κ1) is 25.8. The zero-order valence-corrected chi connectivity index (χ0v) is 21.6. The summed E-state index contributed by atoms with van der Waals surface area (Å²) in [6, 6.07) is 20.9. The second kappa shape index (κ2) is 12.1. The van der Waals surface area contributed by atoms with Crippen molar-refractivity contribution < 1.29 is 28.2 Å². The third-order valence-electron chi connectivity index (χ3n) is 5.74. The monoisotopic (exact) mass is 501 g/mol. The van der Waals surface area contributed by atoms with E-state index in [4.69, 9.17) is 23.4 Å². The fraction of sp³-hybridized carbons (Fsp3) is 0.267. The molecule has 0 unspecified atom stereocenters. The summed E-state index contributed by atoms with van der Waals surface area (Å²) in [6.07, 6.45) is 0.882. The van der Waals surface area contributed by atoms with Crippen LogP contribution < -0.4 is 14.2 Å². The van der Waals surface area contributed by atoms with Crippen molar-refractivity contribution in [2.24, 2.45) is 0 Å². The second-order valence-electron chi connectivity index (χ2n) is 8.56. The van der Waals surface area contributed by atoms with Gasteiger partial charge in [0.2, 0.25) is 5.89 Å². The molecule has 0 spiro atoms. The number of aromatic nitrogens is 1. The molecular weight excluding hydrogens is 470 g/mol. The molecule has 0 amide bonds. The number of hydrogen-bond acceptors (Lipinski definition) is 7. The number of methoxy groups -OCH3 is 1. The van der Waals surface area contributed by atoms with Crippen LogP contribution >= 0.6 is 0 Å². The van der Waals surface area contributed by atoms with Crippen molar-refractivity contribution in [2.75, 3.05) is 13.7 Å². The minimum Gasteiger partial charge on any atom is -0.493 e. The Kier molecular flexibility index (Phi) is 8.46. The number of esters is 1. The van der Waals surface area contributed by atoms with Gasteiger partial charge in [-0.3, -0.25) is 0 Å². The zero-order valence-electron chi connectivity index (χ0n) is 21.6. The molecule has 0 radical (unpaired) electrons. The highest BCUT2D eigenvalue weighted by Gasteiger charge is 2.19. The van der Waals surface area contributed by atoms with Gasteiger partial charge in [0.1, 0.15) is 47.5 Å². The number of ether oxygens (including phenoxy) is 4. The summed E-state index contributed by atoms with van der Waals surface area (Å²) in [4.78, 5) is 16.9. The number of benzene rings is 3. The number of oxazole rings is 1. The van der Waals surface area contributed by atoms with E-state index in [-0.39, 0.29) is 6.61 Å². The Morgan fingerprint density at radius 2 is 1.65 bits per heavy atom. The molecular formula is C30H31NO6. The van der Waals surface area contributed by atoms with E-state index in [1.165, 1.54) is 7.11 Å². The molecule has 0 N–H and O–H groups in total. The summed E-state index contributed by atoms with van der Waals surface area (Å²) in [5.74, 6) is 2.64. The Morgan fingerprint density at radius 1 is 0.892 bits per heavy atom. The van der Waals surface area contributed by atoms with Gasteiger partial charge in [0.05, 0.1) is 13.7 Å². The summed E-state index contributed by atoms with van der Waals surface area (Å²) in [6.45, 7) is 6.90. The maximum atomic E-state index is 12.4. The van der Waals surface area contributed by atoms with Gasteiger partial charge in [-0.1, -0.05) is 37.3 Å². The lowest BCUT2D eigenvalue weighted by molar-refractivity contribution is 0.0594. The van der Waals surface area contributed by atoms with Crippen molar-refractivity contribution in [2.45, 2.75) is 40.4 Å². The van der Waals surface area contributed by atoms with Crippen LogP contribution in [0, 0.1) is 13.8 Å². The summed E-state index contributed by atoms with van der Waals surface area (Å²) in [5.41, 5.74) is 3.72. The van der Waals surface area contributed by atoms with Crippen LogP contribution in [0.25, 0.3) is 11.5 Å². The molecule has 37 heavy (non-hydrogen) atoms. The SMILES string of the molecule is CCCOc1cc(C)c(C(=O)OC)c(OCc2ccc(OCc3nc(-c4ccccc4)oc3C)cc2)c1. The van der Waals surface area contributed by atoms with E-state index >= 15 is 0 Å². The lowest BCUT2D eigenvalue weighted by atomic mass is 10.1. The molecule has 7 nitrogen and oxygen atoms in total. The summed E-state index contributed by atoms with van der Waals surface area (Å²) >= 11 is 0. The van der Waals surface area contributed by atoms with Gasteiger partial charge < -0.3 is 23.4 Å². The molecule has 0 bridgehead atoms. The van der Waals surface area contributed by atoms with Gasteiger partial charge in [-0.25, -0.2) is 9.78 Å². The minimum atomic E-state index is -0.447. The zero-order chi connectivity index (χ0) is 26.2. The third-order valence-corrected chi connectivity index (χ3v) is 5.74. The quantitative estimate of drug-likeness (QED) is 0.212. The number of hydrogen-bond donors (Lipinski definition) is 0. The van der Waals surface area contributed by atoms with Gasteiger partial charge in [-0.15, -0.1) is 0 Å². The van der Waals surface area contributed by atoms with Crippen LogP contribution in [0.15, 0.2) is 71.1 Å². The lowest BCUT2D eigenvalue weighted by Gasteiger charge is -2.15. The standard InChI is InChI=1S/C30H31NO6/c1-5-15-34-25-16-20(2)28(30(32)33-4)27(17-25)36-18-22-11-13-24(14-12-22)35-19-26-21(3)37-29(31-26)23-9-7-6-8-10-23/h6-14,16-17H,5,15,18-19H2,1-4H3. The number of carbonyl (C=O) groups is 1. The van der Waals surface area contributed by atoms with Crippen LogP contribution in [-0.2, 0) is 18.0 Å². The fourth-order valence-electron chi connectivity index (χ4n) is 3.76. The normalized spacial score (nSPS) is 10.7. The smallest absolute Gasteiger partial charge is 0.341 e. The average molecular weight is 502 g/mol. The Morgan fingerprint density at radius 3 is 2.35 bits per heavy atom. The van der Waals surface area contributed by atoms with Crippen molar-refractivity contribution in [1.82, 2.24) is 4.98 Å². The Balaban J connectivity index is 1.40. The highest BCUT2D eigenvalue weighted by Crippen LogP contribution is 2.30. The molecule has 192 valence electrons. The molecule has 1 aromatic heterocycles. The first-order valence-electron chi connectivity index (χ1n) is 12.2. The van der Waals surface area contributed by atoms with Crippen LogP contribution in [-0.4, -0.2) is 24.7 Å². The van der Waals surface area contributed by atoms with Crippen molar-refractivity contribution in [3.8, 4) is 28.7 Å². The van der Waals surface area contributed by atoms with Crippen molar-refractivity contribution in [1.29, 1.82) is 0 Å². The number of carbonyl (C=O) groups excluding carboxylic acids is 1. The lowest BCUT2D eigenvalue weighted by Crippen LogP contribution is -2.09. The maximum absolute atomic E-state index is 12.4. The number of aryl methyl sites for hydroxylation is 2. The topological polar surface area (TPSA) is 80.0 Å². The molecule has 0 aliphatic carbocycles. The minimum absolute atomic E-state index is 0.268. The molecule has 0 saturated heterocycles. The second-order valence-corrected chi connectivity index (χ2v) is 8.56. The number of nitrogens with zero attached hydrogens (tertiary/aromatic N) is 1. The summed E-state index contributed by atoms with van der Waals surface area (Å²) in [7, 11) is 1.36. The largest absolute Gasteiger partial charge is 0.493 e. The van der Waals surface area contributed by atoms with E-state index in [9.17, 15) is 4.79 Å². The molecule has 4 rings (SSSR count). The molecule has 0 aliphatic heterocycles. The predicted molar refractivity (Wildman–Crippen MR) is 140 cm³/mol. The van der Waals surface area contributed by atoms with Crippen LogP contribution in [0.4, 0.5) is 0 Å². The van der Waals surface area contributed by atoms with Gasteiger partial charge in [0, 0.05) is 11.6 Å². The Hall–Kier alpha value is -4.26. The predicted octanol–water partition coefficient (Wildman–Crippen LogP) is 6.69. The van der Waals surface area contributed by atoms with Gasteiger partial charge in [-0.05, 0) is 61.7 Å². The molecule has 0 atom stereocenters. The molecule has 0 aliphatic rings. The average Bonchev–Trinajstić information content (AvgIpc) is 3.30. The first-order valence-corrected chi connectivity index (χ1v) is 12.2. The first-order chi connectivity index (χ1) is 18.0. The molecule has 7 heteroatoms. The molecule has 0 fully saturated rings. The van der Waals surface area contributed by atoms with Crippen molar-refractivity contribution in [3.63, 3.8) is 0 Å². The van der Waals surface area contributed by atoms with Crippen LogP contribution in [0.1, 0.15) is 46.3 Å². The summed E-state index contributed by atoms with van der Waals surface area (Å²) < 4.78 is 28.5. The van der Waals surface area contributed by atoms with Crippen molar-refractivity contribution in [3.05, 3.63) is 94.9 Å². The molecule has 1 heterocycles. The fourth-order valence-corrected chi connectivity index (χ4v) is 3.76. The highest BCUT2D eigenvalue weighted by atomic mass is 16.5. The Bertz CT molecular complexity index is 1330. The molecule has 0 saturated carbocycles. The van der Waals surface area contributed by atoms with Crippen molar-refractivity contribution >= 4 is 5.97 Å². The van der Waals surface area contributed by atoms with E-state index < -0.39 is 5.97 Å². The van der Waals surface area contributed by atoms with E-state index in [1.54, 1.807) is 6.07 Å². The van der Waals surface area contributed by atoms with Gasteiger partial charge in [0.15, 0.2) is 0 Å². The van der Waals surface area contributed by atoms with Gasteiger partial charge >= 0.3 is 5.97 Å².